The van der Waals surface area contributed by atoms with Crippen LogP contribution >= 0.6 is 12.2 Å². The highest BCUT2D eigenvalue weighted by atomic mass is 32.1. The fourth-order valence-electron chi connectivity index (χ4n) is 3.37. The number of ether oxygens (including phenoxy) is 2. The van der Waals surface area contributed by atoms with Gasteiger partial charge >= 0.3 is 0 Å². The molecule has 0 aromatic heterocycles. The zero-order chi connectivity index (χ0) is 17.2. The van der Waals surface area contributed by atoms with Gasteiger partial charge in [0.15, 0.2) is 16.6 Å². The lowest BCUT2D eigenvalue weighted by Gasteiger charge is -2.29. The molecule has 1 N–H and O–H groups in total. The summed E-state index contributed by atoms with van der Waals surface area (Å²) in [6.45, 7) is 2.00. The van der Waals surface area contributed by atoms with Crippen LogP contribution < -0.4 is 14.8 Å². The Balaban J connectivity index is 1.54. The van der Waals surface area contributed by atoms with Crippen molar-refractivity contribution in [3.05, 3.63) is 53.8 Å². The lowest BCUT2D eigenvalue weighted by atomic mass is 10.0. The summed E-state index contributed by atoms with van der Waals surface area (Å²) in [5.41, 5.74) is 1.54. The van der Waals surface area contributed by atoms with E-state index in [9.17, 15) is 4.39 Å². The third-order valence-corrected chi connectivity index (χ3v) is 4.92. The van der Waals surface area contributed by atoms with Crippen LogP contribution in [0.1, 0.15) is 24.4 Å². The molecule has 2 aliphatic rings. The van der Waals surface area contributed by atoms with Crippen molar-refractivity contribution < 1.29 is 13.9 Å². The molecule has 0 unspecified atom stereocenters. The summed E-state index contributed by atoms with van der Waals surface area (Å²) >= 11 is 5.55. The maximum Gasteiger partial charge on any atom is 0.174 e. The highest BCUT2D eigenvalue weighted by Crippen LogP contribution is 2.38. The summed E-state index contributed by atoms with van der Waals surface area (Å²) in [6, 6.07) is 12.8. The first kappa shape index (κ1) is 16.1. The van der Waals surface area contributed by atoms with Crippen LogP contribution in [0.2, 0.25) is 0 Å². The third-order valence-electron chi connectivity index (χ3n) is 4.58. The first-order chi connectivity index (χ1) is 12.2. The second-order valence-electron chi connectivity index (χ2n) is 6.16. The summed E-state index contributed by atoms with van der Waals surface area (Å²) in [5.74, 6) is 1.26. The van der Waals surface area contributed by atoms with Gasteiger partial charge in [0, 0.05) is 6.54 Å². The average molecular weight is 358 g/mol. The van der Waals surface area contributed by atoms with Crippen LogP contribution in [0.4, 0.5) is 10.1 Å². The minimum absolute atomic E-state index is 0.155. The zero-order valence-electron chi connectivity index (χ0n) is 13.7. The average Bonchev–Trinajstić information content (AvgIpc) is 3.13. The summed E-state index contributed by atoms with van der Waals surface area (Å²) in [4.78, 5) is 2.12. The normalized spacial score (nSPS) is 18.9. The maximum absolute atomic E-state index is 13.9. The molecule has 25 heavy (non-hydrogen) atoms. The molecule has 4 rings (SSSR count). The van der Waals surface area contributed by atoms with Gasteiger partial charge in [0.05, 0.1) is 11.7 Å². The Kier molecular flexibility index (Phi) is 4.44. The number of thiocarbonyl (C=S) groups is 1. The molecular weight excluding hydrogens is 339 g/mol. The molecule has 2 aromatic rings. The van der Waals surface area contributed by atoms with Gasteiger partial charge in [-0.05, 0) is 54.9 Å². The molecule has 0 radical (unpaired) electrons. The van der Waals surface area contributed by atoms with E-state index in [1.807, 2.05) is 12.1 Å². The van der Waals surface area contributed by atoms with Gasteiger partial charge in [0.25, 0.3) is 0 Å². The van der Waals surface area contributed by atoms with E-state index in [4.69, 9.17) is 21.7 Å². The van der Waals surface area contributed by atoms with Gasteiger partial charge in [-0.25, -0.2) is 4.39 Å². The Bertz CT molecular complexity index is 799. The smallest absolute Gasteiger partial charge is 0.174 e. The van der Waals surface area contributed by atoms with E-state index in [2.05, 4.69) is 16.3 Å². The molecule has 2 aliphatic heterocycles. The molecule has 0 aliphatic carbocycles. The largest absolute Gasteiger partial charge is 0.486 e. The molecule has 0 amide bonds. The molecule has 4 nitrogen and oxygen atoms in total. The van der Waals surface area contributed by atoms with Crippen molar-refractivity contribution in [2.24, 2.45) is 0 Å². The van der Waals surface area contributed by atoms with E-state index in [0.717, 1.165) is 36.4 Å². The van der Waals surface area contributed by atoms with Crippen molar-refractivity contribution in [2.45, 2.75) is 18.9 Å². The number of likely N-dealkylation sites (tertiary alicyclic amines) is 1. The van der Waals surface area contributed by atoms with E-state index in [1.54, 1.807) is 18.2 Å². The van der Waals surface area contributed by atoms with Gasteiger partial charge in [0.1, 0.15) is 19.0 Å². The van der Waals surface area contributed by atoms with Crippen LogP contribution in [0.25, 0.3) is 0 Å². The van der Waals surface area contributed by atoms with Gasteiger partial charge in [-0.3, -0.25) is 0 Å². The van der Waals surface area contributed by atoms with Crippen molar-refractivity contribution in [1.82, 2.24) is 4.90 Å². The molecule has 2 heterocycles. The number of halogens is 1. The van der Waals surface area contributed by atoms with E-state index in [-0.39, 0.29) is 11.9 Å². The summed E-state index contributed by atoms with van der Waals surface area (Å²) in [6.07, 6.45) is 2.04. The first-order valence-corrected chi connectivity index (χ1v) is 8.85. The number of benzene rings is 2. The number of rotatable bonds is 2. The van der Waals surface area contributed by atoms with Crippen molar-refractivity contribution in [2.75, 3.05) is 25.1 Å². The summed E-state index contributed by atoms with van der Waals surface area (Å²) in [7, 11) is 0. The van der Waals surface area contributed by atoms with Crippen molar-refractivity contribution in [3.8, 4) is 11.5 Å². The number of nitrogens with one attached hydrogen (secondary N) is 1. The minimum atomic E-state index is -0.306. The van der Waals surface area contributed by atoms with Crippen LogP contribution in [-0.4, -0.2) is 29.8 Å². The van der Waals surface area contributed by atoms with E-state index < -0.39 is 0 Å². The molecule has 2 aromatic carbocycles. The van der Waals surface area contributed by atoms with E-state index in [0.29, 0.717) is 24.0 Å². The molecule has 130 valence electrons. The lowest BCUT2D eigenvalue weighted by molar-refractivity contribution is 0.171. The molecule has 0 spiro atoms. The number of hydrogen-bond acceptors (Lipinski definition) is 3. The zero-order valence-corrected chi connectivity index (χ0v) is 14.5. The van der Waals surface area contributed by atoms with Gasteiger partial charge in [0.2, 0.25) is 0 Å². The highest BCUT2D eigenvalue weighted by molar-refractivity contribution is 7.80. The van der Waals surface area contributed by atoms with E-state index >= 15 is 0 Å². The van der Waals surface area contributed by atoms with Gasteiger partial charge in [-0.1, -0.05) is 18.2 Å². The fraction of sp³-hybridized carbons (Fsp3) is 0.316. The molecule has 0 saturated carbocycles. The van der Waals surface area contributed by atoms with Gasteiger partial charge < -0.3 is 19.7 Å². The second-order valence-corrected chi connectivity index (χ2v) is 6.55. The third kappa shape index (κ3) is 3.26. The summed E-state index contributed by atoms with van der Waals surface area (Å²) in [5, 5.41) is 3.58. The Labute approximate surface area is 151 Å². The first-order valence-electron chi connectivity index (χ1n) is 8.44. The molecule has 0 bridgehead atoms. The number of para-hydroxylation sites is 1. The number of anilines is 1. The lowest BCUT2D eigenvalue weighted by Crippen LogP contribution is -2.34. The van der Waals surface area contributed by atoms with Crippen molar-refractivity contribution in [1.29, 1.82) is 0 Å². The Morgan fingerprint density at radius 3 is 2.76 bits per heavy atom. The van der Waals surface area contributed by atoms with Gasteiger partial charge in [-0.15, -0.1) is 0 Å². The Hall–Kier alpha value is -2.34. The SMILES string of the molecule is Fc1ccccc1NC(=S)N1CCC[C@@H]1c1ccc2c(c1)OCCO2. The molecule has 1 fully saturated rings. The minimum Gasteiger partial charge on any atom is -0.486 e. The monoisotopic (exact) mass is 358 g/mol. The summed E-state index contributed by atoms with van der Waals surface area (Å²) < 4.78 is 25.2. The van der Waals surface area contributed by atoms with Crippen LogP contribution in [0.15, 0.2) is 42.5 Å². The number of fused-ring (bicyclic) bond motifs is 1. The van der Waals surface area contributed by atoms with Crippen LogP contribution in [0.3, 0.4) is 0 Å². The van der Waals surface area contributed by atoms with Crippen LogP contribution in [-0.2, 0) is 0 Å². The quantitative estimate of drug-likeness (QED) is 0.817. The molecular formula is C19H19FN2O2S. The molecule has 1 saturated heterocycles. The van der Waals surface area contributed by atoms with Crippen LogP contribution in [0, 0.1) is 5.82 Å². The Morgan fingerprint density at radius 2 is 1.92 bits per heavy atom. The predicted molar refractivity (Wildman–Crippen MR) is 98.7 cm³/mol. The fourth-order valence-corrected chi connectivity index (χ4v) is 3.70. The highest BCUT2D eigenvalue weighted by Gasteiger charge is 2.29. The van der Waals surface area contributed by atoms with Crippen molar-refractivity contribution in [3.63, 3.8) is 0 Å². The number of nitrogens with zero attached hydrogens (tertiary/aromatic N) is 1. The number of hydrogen-bond donors (Lipinski definition) is 1. The predicted octanol–water partition coefficient (Wildman–Crippen LogP) is 4.13. The Morgan fingerprint density at radius 1 is 1.12 bits per heavy atom. The maximum atomic E-state index is 13.9. The second kappa shape index (κ2) is 6.88. The topological polar surface area (TPSA) is 33.7 Å². The molecule has 1 atom stereocenters. The molecule has 6 heteroatoms. The van der Waals surface area contributed by atoms with Gasteiger partial charge in [-0.2, -0.15) is 0 Å². The van der Waals surface area contributed by atoms with Crippen LogP contribution in [0.5, 0.6) is 11.5 Å². The standard InChI is InChI=1S/C19H19FN2O2S/c20-14-4-1-2-5-15(14)21-19(25)22-9-3-6-16(22)13-7-8-17-18(12-13)24-11-10-23-17/h1-2,4-5,7-8,12,16H,3,6,9-11H2,(H,21,25)/t16-/m1/s1. The van der Waals surface area contributed by atoms with Crippen molar-refractivity contribution >= 4 is 23.0 Å². The van der Waals surface area contributed by atoms with E-state index in [1.165, 1.54) is 6.07 Å².